The third-order valence-corrected chi connectivity index (χ3v) is 6.54. The number of alkyl halides is 3. The predicted molar refractivity (Wildman–Crippen MR) is 124 cm³/mol. The number of rotatable bonds is 8. The molecule has 2 N–H and O–H groups in total. The number of amides is 1. The number of aromatic nitrogens is 1. The normalized spacial score (nSPS) is 15.8. The lowest BCUT2D eigenvalue weighted by molar-refractivity contribution is -0.137. The van der Waals surface area contributed by atoms with Crippen molar-refractivity contribution >= 4 is 16.8 Å². The number of aryl methyl sites for hydroxylation is 1. The van der Waals surface area contributed by atoms with Crippen molar-refractivity contribution in [2.24, 2.45) is 0 Å². The smallest absolute Gasteiger partial charge is 0.361 e. The Hall–Kier alpha value is -2.80. The minimum atomic E-state index is -4.44. The highest BCUT2D eigenvalue weighted by Gasteiger charge is 2.32. The summed E-state index contributed by atoms with van der Waals surface area (Å²) in [5.74, 6) is -0.641. The first-order valence-electron chi connectivity index (χ1n) is 11.6. The van der Waals surface area contributed by atoms with Crippen LogP contribution in [0.15, 0.2) is 48.7 Å². The Morgan fingerprint density at radius 3 is 2.64 bits per heavy atom. The standard InChI is InChI=1S/C26H30F3N3O/c1-2-18-7-6-10-21-23(17-31-25(18)21)22(19-8-5-9-20(15-19)26(27,28)29)16-24(33)30-11-14-32-12-3-4-13-32/h5-10,15,17,22,31H,2-4,11-14,16H2,1H3,(H,30,33). The van der Waals surface area contributed by atoms with Gasteiger partial charge in [-0.05, 0) is 55.1 Å². The second-order valence-corrected chi connectivity index (χ2v) is 8.72. The van der Waals surface area contributed by atoms with Gasteiger partial charge >= 0.3 is 6.18 Å². The van der Waals surface area contributed by atoms with Crippen LogP contribution in [0.3, 0.4) is 0 Å². The zero-order valence-corrected chi connectivity index (χ0v) is 18.8. The van der Waals surface area contributed by atoms with Crippen LogP contribution in [0, 0.1) is 0 Å². The van der Waals surface area contributed by atoms with Crippen molar-refractivity contribution in [2.45, 2.75) is 44.7 Å². The summed E-state index contributed by atoms with van der Waals surface area (Å²) in [6.07, 6.45) is 0.700. The second kappa shape index (κ2) is 10.00. The molecule has 1 amide bonds. The number of H-pyrrole nitrogens is 1. The number of para-hydroxylation sites is 1. The number of hydrogen-bond acceptors (Lipinski definition) is 2. The third-order valence-electron chi connectivity index (χ3n) is 6.54. The van der Waals surface area contributed by atoms with E-state index < -0.39 is 17.7 Å². The van der Waals surface area contributed by atoms with Gasteiger partial charge in [0, 0.05) is 42.5 Å². The summed E-state index contributed by atoms with van der Waals surface area (Å²) in [5.41, 5.74) is 2.74. The van der Waals surface area contributed by atoms with Crippen LogP contribution < -0.4 is 5.32 Å². The van der Waals surface area contributed by atoms with Crippen molar-refractivity contribution in [1.82, 2.24) is 15.2 Å². The van der Waals surface area contributed by atoms with Gasteiger partial charge in [-0.1, -0.05) is 43.3 Å². The van der Waals surface area contributed by atoms with E-state index in [2.05, 4.69) is 22.1 Å². The number of benzene rings is 2. The Morgan fingerprint density at radius 1 is 1.15 bits per heavy atom. The number of carbonyl (C=O) groups excluding carboxylic acids is 1. The van der Waals surface area contributed by atoms with E-state index >= 15 is 0 Å². The van der Waals surface area contributed by atoms with E-state index in [0.717, 1.165) is 54.2 Å². The Morgan fingerprint density at radius 2 is 1.91 bits per heavy atom. The van der Waals surface area contributed by atoms with Gasteiger partial charge in [-0.3, -0.25) is 4.79 Å². The molecule has 1 aliphatic heterocycles. The quantitative estimate of drug-likeness (QED) is 0.470. The number of nitrogens with zero attached hydrogens (tertiary/aromatic N) is 1. The SMILES string of the molecule is CCc1cccc2c(C(CC(=O)NCCN3CCCC3)c3cccc(C(F)(F)F)c3)c[nH]c12. The van der Waals surface area contributed by atoms with E-state index in [4.69, 9.17) is 0 Å². The van der Waals surface area contributed by atoms with E-state index in [1.54, 1.807) is 6.07 Å². The van der Waals surface area contributed by atoms with Gasteiger partial charge in [0.1, 0.15) is 0 Å². The fourth-order valence-corrected chi connectivity index (χ4v) is 4.78. The lowest BCUT2D eigenvalue weighted by Gasteiger charge is -2.20. The first kappa shape index (κ1) is 23.4. The van der Waals surface area contributed by atoms with E-state index in [-0.39, 0.29) is 12.3 Å². The van der Waals surface area contributed by atoms with E-state index in [9.17, 15) is 18.0 Å². The minimum absolute atomic E-state index is 0.0879. The number of hydrogen-bond donors (Lipinski definition) is 2. The summed E-state index contributed by atoms with van der Waals surface area (Å²) >= 11 is 0. The van der Waals surface area contributed by atoms with Crippen molar-refractivity contribution in [3.8, 4) is 0 Å². The van der Waals surface area contributed by atoms with Crippen LogP contribution in [-0.4, -0.2) is 42.0 Å². The molecule has 3 aromatic rings. The average Bonchev–Trinajstić information content (AvgIpc) is 3.47. The Balaban J connectivity index is 1.62. The fraction of sp³-hybridized carbons (Fsp3) is 0.423. The van der Waals surface area contributed by atoms with Crippen molar-refractivity contribution < 1.29 is 18.0 Å². The van der Waals surface area contributed by atoms with E-state index in [1.165, 1.54) is 25.0 Å². The van der Waals surface area contributed by atoms with Gasteiger partial charge in [0.15, 0.2) is 0 Å². The molecule has 33 heavy (non-hydrogen) atoms. The third kappa shape index (κ3) is 5.41. The number of fused-ring (bicyclic) bond motifs is 1. The summed E-state index contributed by atoms with van der Waals surface area (Å²) in [6.45, 7) is 5.51. The van der Waals surface area contributed by atoms with Crippen LogP contribution in [0.1, 0.15) is 54.4 Å². The molecule has 1 fully saturated rings. The van der Waals surface area contributed by atoms with Crippen molar-refractivity contribution in [3.05, 3.63) is 70.9 Å². The molecule has 1 aliphatic rings. The maximum atomic E-state index is 13.4. The summed E-state index contributed by atoms with van der Waals surface area (Å²) in [6, 6.07) is 11.3. The Bertz CT molecular complexity index is 1100. The fourth-order valence-electron chi connectivity index (χ4n) is 4.78. The summed E-state index contributed by atoms with van der Waals surface area (Å²) in [5, 5.41) is 3.92. The molecule has 176 valence electrons. The molecular formula is C26H30F3N3O. The second-order valence-electron chi connectivity index (χ2n) is 8.72. The molecule has 1 aromatic heterocycles. The first-order chi connectivity index (χ1) is 15.9. The number of aromatic amines is 1. The van der Waals surface area contributed by atoms with Crippen molar-refractivity contribution in [3.63, 3.8) is 0 Å². The minimum Gasteiger partial charge on any atom is -0.361 e. The molecule has 1 atom stereocenters. The molecule has 4 nitrogen and oxygen atoms in total. The number of halogens is 3. The molecule has 0 aliphatic carbocycles. The van der Waals surface area contributed by atoms with Crippen molar-refractivity contribution in [1.29, 1.82) is 0 Å². The van der Waals surface area contributed by atoms with Gasteiger partial charge in [-0.2, -0.15) is 13.2 Å². The number of nitrogens with one attached hydrogen (secondary N) is 2. The highest BCUT2D eigenvalue weighted by Crippen LogP contribution is 2.37. The van der Waals surface area contributed by atoms with Gasteiger partial charge < -0.3 is 15.2 Å². The number of likely N-dealkylation sites (tertiary alicyclic amines) is 1. The highest BCUT2D eigenvalue weighted by atomic mass is 19.4. The van der Waals surface area contributed by atoms with Gasteiger partial charge in [-0.25, -0.2) is 0 Å². The maximum absolute atomic E-state index is 13.4. The first-order valence-corrected chi connectivity index (χ1v) is 11.6. The zero-order valence-electron chi connectivity index (χ0n) is 18.8. The average molecular weight is 458 g/mol. The van der Waals surface area contributed by atoms with Crippen LogP contribution in [0.2, 0.25) is 0 Å². The molecular weight excluding hydrogens is 427 g/mol. The van der Waals surface area contributed by atoms with Crippen LogP contribution in [-0.2, 0) is 17.4 Å². The molecule has 7 heteroatoms. The maximum Gasteiger partial charge on any atom is 0.416 e. The van der Waals surface area contributed by atoms with Gasteiger partial charge in [0.25, 0.3) is 0 Å². The molecule has 1 saturated heterocycles. The Kier molecular flexibility index (Phi) is 7.08. The van der Waals surface area contributed by atoms with Crippen LogP contribution in [0.25, 0.3) is 10.9 Å². The Labute approximate surface area is 192 Å². The van der Waals surface area contributed by atoms with Crippen molar-refractivity contribution in [2.75, 3.05) is 26.2 Å². The monoisotopic (exact) mass is 457 g/mol. The van der Waals surface area contributed by atoms with E-state index in [1.807, 2.05) is 24.4 Å². The molecule has 0 bridgehead atoms. The van der Waals surface area contributed by atoms with Crippen LogP contribution >= 0.6 is 0 Å². The molecule has 4 rings (SSSR count). The molecule has 0 spiro atoms. The zero-order chi connectivity index (χ0) is 23.4. The molecule has 0 radical (unpaired) electrons. The van der Waals surface area contributed by atoms with Crippen LogP contribution in [0.4, 0.5) is 13.2 Å². The highest BCUT2D eigenvalue weighted by molar-refractivity contribution is 5.88. The molecule has 0 saturated carbocycles. The summed E-state index contributed by atoms with van der Waals surface area (Å²) < 4.78 is 40.2. The number of carbonyl (C=O) groups is 1. The van der Waals surface area contributed by atoms with E-state index in [0.29, 0.717) is 12.1 Å². The molecule has 1 unspecified atom stereocenters. The molecule has 2 aromatic carbocycles. The van der Waals surface area contributed by atoms with Crippen LogP contribution in [0.5, 0.6) is 0 Å². The lowest BCUT2D eigenvalue weighted by Crippen LogP contribution is -2.34. The largest absolute Gasteiger partial charge is 0.416 e. The van der Waals surface area contributed by atoms with Gasteiger partial charge in [0.05, 0.1) is 5.56 Å². The summed E-state index contributed by atoms with van der Waals surface area (Å²) in [4.78, 5) is 18.5. The van der Waals surface area contributed by atoms with Gasteiger partial charge in [0.2, 0.25) is 5.91 Å². The summed E-state index contributed by atoms with van der Waals surface area (Å²) in [7, 11) is 0. The van der Waals surface area contributed by atoms with Gasteiger partial charge in [-0.15, -0.1) is 0 Å². The lowest BCUT2D eigenvalue weighted by atomic mass is 9.86. The topological polar surface area (TPSA) is 48.1 Å². The predicted octanol–water partition coefficient (Wildman–Crippen LogP) is 5.48. The molecule has 2 heterocycles.